The predicted molar refractivity (Wildman–Crippen MR) is 221 cm³/mol. The molecule has 3 amide bonds. The van der Waals surface area contributed by atoms with Gasteiger partial charge in [-0.1, -0.05) is 54.6 Å². The Morgan fingerprint density at radius 3 is 2.26 bits per heavy atom. The van der Waals surface area contributed by atoms with E-state index in [1.54, 1.807) is 29.2 Å². The SMILES string of the molecule is CCN(C(=O)c1cc(-c2cc3c(cc2C(=O)N2Cc4ccccc4C[C@H]2CN2CCOCC2)CN(C(=O)Cc2ccccc2)CC3)n(C)c1C)c1ccc(O)cc1. The van der Waals surface area contributed by atoms with Gasteiger partial charge in [0.15, 0.2) is 0 Å². The number of ether oxygens (including phenoxy) is 1. The number of fused-ring (bicyclic) bond motifs is 2. The van der Waals surface area contributed by atoms with Crippen LogP contribution >= 0.6 is 0 Å². The van der Waals surface area contributed by atoms with E-state index in [1.807, 2.05) is 78.9 Å². The van der Waals surface area contributed by atoms with Crippen molar-refractivity contribution >= 4 is 23.4 Å². The molecule has 10 nitrogen and oxygen atoms in total. The quantitative estimate of drug-likeness (QED) is 0.187. The first-order valence-electron chi connectivity index (χ1n) is 20.1. The first kappa shape index (κ1) is 38.2. The highest BCUT2D eigenvalue weighted by Crippen LogP contribution is 2.36. The Morgan fingerprint density at radius 2 is 1.53 bits per heavy atom. The van der Waals surface area contributed by atoms with Gasteiger partial charge in [-0.05, 0) is 97.0 Å². The van der Waals surface area contributed by atoms with Gasteiger partial charge in [0.25, 0.3) is 11.8 Å². The van der Waals surface area contributed by atoms with Gasteiger partial charge < -0.3 is 29.1 Å². The number of carbonyl (C=O) groups is 3. The maximum atomic E-state index is 15.4. The summed E-state index contributed by atoms with van der Waals surface area (Å²) in [6.07, 6.45) is 1.75. The molecule has 0 spiro atoms. The van der Waals surface area contributed by atoms with E-state index in [9.17, 15) is 14.7 Å². The monoisotopic (exact) mass is 765 g/mol. The number of phenolic OH excluding ortho intramolecular Hbond substituents is 1. The summed E-state index contributed by atoms with van der Waals surface area (Å²) in [6.45, 7) is 9.59. The topological polar surface area (TPSA) is 98.6 Å². The Balaban J connectivity index is 1.19. The van der Waals surface area contributed by atoms with Crippen molar-refractivity contribution in [2.45, 2.75) is 52.2 Å². The minimum atomic E-state index is -0.154. The van der Waals surface area contributed by atoms with E-state index in [0.29, 0.717) is 69.0 Å². The molecule has 0 unspecified atom stereocenters. The number of aromatic hydroxyl groups is 1. The van der Waals surface area contributed by atoms with Gasteiger partial charge in [-0.3, -0.25) is 19.3 Å². The number of nitrogens with zero attached hydrogens (tertiary/aromatic N) is 5. The number of amides is 3. The second kappa shape index (κ2) is 16.4. The van der Waals surface area contributed by atoms with Crippen LogP contribution in [0.5, 0.6) is 5.75 Å². The van der Waals surface area contributed by atoms with Crippen molar-refractivity contribution < 1.29 is 24.2 Å². The molecule has 4 heterocycles. The third-order valence-electron chi connectivity index (χ3n) is 12.1. The lowest BCUT2D eigenvalue weighted by Gasteiger charge is -2.41. The molecule has 10 heteroatoms. The third-order valence-corrected chi connectivity index (χ3v) is 12.1. The van der Waals surface area contributed by atoms with Crippen molar-refractivity contribution in [1.29, 1.82) is 0 Å². The number of rotatable bonds is 9. The van der Waals surface area contributed by atoms with Crippen LogP contribution < -0.4 is 4.90 Å². The summed E-state index contributed by atoms with van der Waals surface area (Å²) in [5, 5.41) is 9.91. The van der Waals surface area contributed by atoms with Crippen LogP contribution in [0.1, 0.15) is 61.2 Å². The van der Waals surface area contributed by atoms with Crippen LogP contribution in [0.4, 0.5) is 5.69 Å². The van der Waals surface area contributed by atoms with Crippen molar-refractivity contribution in [3.05, 3.63) is 142 Å². The van der Waals surface area contributed by atoms with E-state index in [-0.39, 0.29) is 29.5 Å². The zero-order valence-electron chi connectivity index (χ0n) is 33.1. The number of carbonyl (C=O) groups excluding carboxylic acids is 3. The first-order chi connectivity index (χ1) is 27.7. The van der Waals surface area contributed by atoms with Crippen molar-refractivity contribution in [1.82, 2.24) is 19.3 Å². The maximum absolute atomic E-state index is 15.4. The van der Waals surface area contributed by atoms with E-state index in [0.717, 1.165) is 65.3 Å². The van der Waals surface area contributed by atoms with Crippen LogP contribution in [0.15, 0.2) is 97.1 Å². The van der Waals surface area contributed by atoms with E-state index in [4.69, 9.17) is 4.74 Å². The molecule has 1 atom stereocenters. The normalized spacial score (nSPS) is 16.9. The average molecular weight is 766 g/mol. The van der Waals surface area contributed by atoms with E-state index in [2.05, 4.69) is 34.1 Å². The number of aromatic nitrogens is 1. The Bertz CT molecular complexity index is 2280. The summed E-state index contributed by atoms with van der Waals surface area (Å²) in [6, 6.07) is 30.9. The number of phenols is 1. The highest BCUT2D eigenvalue weighted by atomic mass is 16.5. The molecule has 1 N–H and O–H groups in total. The van der Waals surface area contributed by atoms with Gasteiger partial charge in [0.2, 0.25) is 5.91 Å². The molecule has 5 aromatic rings. The van der Waals surface area contributed by atoms with Crippen LogP contribution in [0.2, 0.25) is 0 Å². The minimum absolute atomic E-state index is 0.0472. The van der Waals surface area contributed by atoms with Crippen molar-refractivity contribution in [3.8, 4) is 17.0 Å². The van der Waals surface area contributed by atoms with Gasteiger partial charge >= 0.3 is 0 Å². The van der Waals surface area contributed by atoms with Crippen LogP contribution in [0, 0.1) is 6.92 Å². The molecular formula is C47H51N5O5. The first-order valence-corrected chi connectivity index (χ1v) is 20.1. The molecule has 0 radical (unpaired) electrons. The lowest BCUT2D eigenvalue weighted by Crippen LogP contribution is -2.52. The molecule has 3 aliphatic heterocycles. The fraction of sp³-hybridized carbons (Fsp3) is 0.340. The van der Waals surface area contributed by atoms with Gasteiger partial charge in [-0.15, -0.1) is 0 Å². The Morgan fingerprint density at radius 1 is 0.807 bits per heavy atom. The summed E-state index contributed by atoms with van der Waals surface area (Å²) >= 11 is 0. The van der Waals surface area contributed by atoms with E-state index >= 15 is 4.79 Å². The summed E-state index contributed by atoms with van der Waals surface area (Å²) < 4.78 is 7.69. The standard InChI is InChI=1S/C47H51N5O5/c1-4-51(38-14-16-40(53)17-15-38)46(55)41-28-44(48(3)32(41)2)42-26-35-18-19-50(45(54)24-33-10-6-5-7-11-33)29-37(35)27-43(42)47(56)52-30-36-13-9-8-12-34(36)25-39(52)31-49-20-22-57-23-21-49/h5-17,26-28,39,53H,4,18-25,29-31H2,1-3H3/t39-/m0/s1. The van der Waals surface area contributed by atoms with Gasteiger partial charge in [0.05, 0.1) is 25.2 Å². The maximum Gasteiger partial charge on any atom is 0.260 e. The highest BCUT2D eigenvalue weighted by molar-refractivity contribution is 6.08. The molecule has 3 aliphatic rings. The number of hydrogen-bond acceptors (Lipinski definition) is 6. The van der Waals surface area contributed by atoms with Crippen LogP contribution in [-0.2, 0) is 48.9 Å². The smallest absolute Gasteiger partial charge is 0.260 e. The van der Waals surface area contributed by atoms with Gasteiger partial charge in [-0.25, -0.2) is 0 Å². The minimum Gasteiger partial charge on any atom is -0.508 e. The second-order valence-corrected chi connectivity index (χ2v) is 15.5. The Labute approximate surface area is 334 Å². The van der Waals surface area contributed by atoms with Crippen LogP contribution in [0.25, 0.3) is 11.3 Å². The molecule has 1 fully saturated rings. The summed E-state index contributed by atoms with van der Waals surface area (Å²) in [7, 11) is 1.95. The highest BCUT2D eigenvalue weighted by Gasteiger charge is 2.35. The zero-order valence-corrected chi connectivity index (χ0v) is 33.1. The predicted octanol–water partition coefficient (Wildman–Crippen LogP) is 6.40. The van der Waals surface area contributed by atoms with Crippen molar-refractivity contribution in [3.63, 3.8) is 0 Å². The molecule has 0 aliphatic carbocycles. The summed E-state index contributed by atoms with van der Waals surface area (Å²) in [4.78, 5) is 51.4. The second-order valence-electron chi connectivity index (χ2n) is 15.5. The molecule has 0 bridgehead atoms. The fourth-order valence-electron chi connectivity index (χ4n) is 8.71. The lowest BCUT2D eigenvalue weighted by atomic mass is 9.89. The molecule has 4 aromatic carbocycles. The number of hydrogen-bond donors (Lipinski definition) is 1. The molecule has 294 valence electrons. The van der Waals surface area contributed by atoms with Gasteiger partial charge in [0.1, 0.15) is 5.75 Å². The van der Waals surface area contributed by atoms with Gasteiger partial charge in [-0.2, -0.15) is 0 Å². The Hall–Kier alpha value is -5.71. The van der Waals surface area contributed by atoms with Crippen LogP contribution in [0.3, 0.4) is 0 Å². The number of anilines is 1. The Kier molecular flexibility index (Phi) is 11.0. The van der Waals surface area contributed by atoms with Gasteiger partial charge in [0, 0.05) is 87.1 Å². The molecule has 57 heavy (non-hydrogen) atoms. The third kappa shape index (κ3) is 7.84. The number of morpholine rings is 1. The molecule has 1 aromatic heterocycles. The lowest BCUT2D eigenvalue weighted by molar-refractivity contribution is -0.131. The zero-order chi connectivity index (χ0) is 39.6. The number of benzene rings is 4. The average Bonchev–Trinajstić information content (AvgIpc) is 3.54. The van der Waals surface area contributed by atoms with E-state index < -0.39 is 0 Å². The van der Waals surface area contributed by atoms with E-state index in [1.165, 1.54) is 5.56 Å². The van der Waals surface area contributed by atoms with Crippen molar-refractivity contribution in [2.75, 3.05) is 50.8 Å². The summed E-state index contributed by atoms with van der Waals surface area (Å²) in [5.74, 6) is -0.00565. The molecule has 1 saturated heterocycles. The van der Waals surface area contributed by atoms with Crippen molar-refractivity contribution in [2.24, 2.45) is 7.05 Å². The molecular weight excluding hydrogens is 715 g/mol. The molecule has 0 saturated carbocycles. The fourth-order valence-corrected chi connectivity index (χ4v) is 8.71. The van der Waals surface area contributed by atoms with Crippen LogP contribution in [-0.4, -0.2) is 94.1 Å². The molecule has 8 rings (SSSR count). The largest absolute Gasteiger partial charge is 0.508 e. The summed E-state index contributed by atoms with van der Waals surface area (Å²) in [5.41, 5.74) is 9.65.